The van der Waals surface area contributed by atoms with E-state index in [0.29, 0.717) is 5.25 Å². The molecule has 1 rings (SSSR count). The zero-order valence-electron chi connectivity index (χ0n) is 6.49. The summed E-state index contributed by atoms with van der Waals surface area (Å²) in [6.45, 7) is 2.90. The Hall–Kier alpha value is -0.0600. The molecule has 1 atom stereocenters. The fourth-order valence-corrected chi connectivity index (χ4v) is 2.12. The van der Waals surface area contributed by atoms with Gasteiger partial charge in [-0.1, -0.05) is 6.92 Å². The number of hydrogen-bond donors (Lipinski definition) is 1. The normalized spacial score (nSPS) is 13.3. The lowest BCUT2D eigenvalue weighted by molar-refractivity contribution is 0.951. The molecule has 0 aromatic carbocycles. The summed E-state index contributed by atoms with van der Waals surface area (Å²) in [5.41, 5.74) is 7.34. The average Bonchev–Trinajstić information content (AvgIpc) is 2.52. The quantitative estimate of drug-likeness (QED) is 0.782. The Kier molecular flexibility index (Phi) is 3.90. The van der Waals surface area contributed by atoms with Gasteiger partial charge in [-0.25, -0.2) is 0 Å². The van der Waals surface area contributed by atoms with Crippen LogP contribution in [0.4, 0.5) is 0 Å². The Morgan fingerprint density at radius 3 is 3.18 bits per heavy atom. The molecule has 0 aliphatic heterocycles. The van der Waals surface area contributed by atoms with Crippen LogP contribution in [0.3, 0.4) is 0 Å². The van der Waals surface area contributed by atoms with Gasteiger partial charge < -0.3 is 5.73 Å². The van der Waals surface area contributed by atoms with E-state index in [4.69, 9.17) is 5.73 Å². The van der Waals surface area contributed by atoms with Crippen molar-refractivity contribution in [3.8, 4) is 0 Å². The van der Waals surface area contributed by atoms with E-state index in [1.54, 1.807) is 11.3 Å². The zero-order valence-corrected chi connectivity index (χ0v) is 8.12. The van der Waals surface area contributed by atoms with Gasteiger partial charge in [0.05, 0.1) is 5.51 Å². The van der Waals surface area contributed by atoms with Crippen LogP contribution in [0, 0.1) is 0 Å². The van der Waals surface area contributed by atoms with Gasteiger partial charge in [-0.3, -0.25) is 4.98 Å². The molecule has 0 saturated heterocycles. The highest BCUT2D eigenvalue weighted by Gasteiger charge is 2.00. The van der Waals surface area contributed by atoms with E-state index in [1.165, 1.54) is 4.88 Å². The second kappa shape index (κ2) is 4.74. The molecule has 2 nitrogen and oxygen atoms in total. The van der Waals surface area contributed by atoms with E-state index in [9.17, 15) is 0 Å². The van der Waals surface area contributed by atoms with Gasteiger partial charge in [0.15, 0.2) is 0 Å². The van der Waals surface area contributed by atoms with E-state index in [0.717, 1.165) is 12.3 Å². The second-order valence-electron chi connectivity index (χ2n) is 2.33. The SMILES string of the molecule is CC(CN)SCc1cncs1. The Labute approximate surface area is 75.2 Å². The van der Waals surface area contributed by atoms with Crippen molar-refractivity contribution >= 4 is 23.1 Å². The number of thioether (sulfide) groups is 1. The Morgan fingerprint density at radius 2 is 2.64 bits per heavy atom. The molecule has 62 valence electrons. The van der Waals surface area contributed by atoms with Crippen molar-refractivity contribution < 1.29 is 0 Å². The van der Waals surface area contributed by atoms with Gasteiger partial charge in [0.1, 0.15) is 0 Å². The minimum Gasteiger partial charge on any atom is -0.329 e. The first-order valence-corrected chi connectivity index (χ1v) is 5.45. The minimum atomic E-state index is 0.553. The lowest BCUT2D eigenvalue weighted by Gasteiger charge is -2.05. The first-order chi connectivity index (χ1) is 5.33. The van der Waals surface area contributed by atoms with Crippen molar-refractivity contribution in [1.82, 2.24) is 4.98 Å². The summed E-state index contributed by atoms with van der Waals surface area (Å²) in [6, 6.07) is 0. The molecular weight excluding hydrogens is 176 g/mol. The summed E-state index contributed by atoms with van der Waals surface area (Å²) in [5, 5.41) is 0.553. The summed E-state index contributed by atoms with van der Waals surface area (Å²) >= 11 is 3.58. The van der Waals surface area contributed by atoms with Gasteiger partial charge in [0, 0.05) is 28.6 Å². The number of thiazole rings is 1. The molecule has 11 heavy (non-hydrogen) atoms. The molecular formula is C7H12N2S2. The van der Waals surface area contributed by atoms with Gasteiger partial charge in [0.2, 0.25) is 0 Å². The summed E-state index contributed by atoms with van der Waals surface area (Å²) in [4.78, 5) is 5.33. The van der Waals surface area contributed by atoms with E-state index in [-0.39, 0.29) is 0 Å². The number of rotatable bonds is 4. The van der Waals surface area contributed by atoms with Crippen LogP contribution >= 0.6 is 23.1 Å². The number of nitrogens with two attached hydrogens (primary N) is 1. The molecule has 1 unspecified atom stereocenters. The molecule has 0 aliphatic carbocycles. The van der Waals surface area contributed by atoms with E-state index in [2.05, 4.69) is 11.9 Å². The van der Waals surface area contributed by atoms with Crippen LogP contribution in [-0.2, 0) is 5.75 Å². The Bertz CT molecular complexity index is 186. The molecule has 2 N–H and O–H groups in total. The average molecular weight is 188 g/mol. The Morgan fingerprint density at radius 1 is 1.82 bits per heavy atom. The molecule has 0 amide bonds. The van der Waals surface area contributed by atoms with Crippen molar-refractivity contribution in [1.29, 1.82) is 0 Å². The molecule has 0 spiro atoms. The summed E-state index contributed by atoms with van der Waals surface area (Å²) < 4.78 is 0. The van der Waals surface area contributed by atoms with E-state index >= 15 is 0 Å². The van der Waals surface area contributed by atoms with Crippen LogP contribution in [0.5, 0.6) is 0 Å². The van der Waals surface area contributed by atoms with Crippen LogP contribution in [0.2, 0.25) is 0 Å². The fourth-order valence-electron chi connectivity index (χ4n) is 0.606. The predicted molar refractivity (Wildman–Crippen MR) is 51.9 cm³/mol. The van der Waals surface area contributed by atoms with Gasteiger partial charge >= 0.3 is 0 Å². The summed E-state index contributed by atoms with van der Waals surface area (Å²) in [6.07, 6.45) is 1.92. The molecule has 0 saturated carbocycles. The van der Waals surface area contributed by atoms with Crippen LogP contribution < -0.4 is 5.73 Å². The van der Waals surface area contributed by atoms with E-state index in [1.807, 2.05) is 23.5 Å². The van der Waals surface area contributed by atoms with Crippen LogP contribution in [0.1, 0.15) is 11.8 Å². The minimum absolute atomic E-state index is 0.553. The maximum atomic E-state index is 5.48. The molecule has 4 heteroatoms. The Balaban J connectivity index is 2.23. The standard InChI is InChI=1S/C7H12N2S2/c1-6(2-8)10-4-7-3-9-5-11-7/h3,5-6H,2,4,8H2,1H3. The second-order valence-corrected chi connectivity index (χ2v) is 4.72. The van der Waals surface area contributed by atoms with Gasteiger partial charge in [-0.05, 0) is 0 Å². The molecule has 0 radical (unpaired) electrons. The highest BCUT2D eigenvalue weighted by molar-refractivity contribution is 7.99. The molecule has 0 bridgehead atoms. The summed E-state index contributed by atoms with van der Waals surface area (Å²) in [7, 11) is 0. The fraction of sp³-hybridized carbons (Fsp3) is 0.571. The smallest absolute Gasteiger partial charge is 0.0794 e. The first-order valence-electron chi connectivity index (χ1n) is 3.52. The van der Waals surface area contributed by atoms with Crippen molar-refractivity contribution in [2.24, 2.45) is 5.73 Å². The van der Waals surface area contributed by atoms with Crippen LogP contribution in [-0.4, -0.2) is 16.8 Å². The highest BCUT2D eigenvalue weighted by atomic mass is 32.2. The van der Waals surface area contributed by atoms with Crippen molar-refractivity contribution in [3.05, 3.63) is 16.6 Å². The zero-order chi connectivity index (χ0) is 8.10. The third kappa shape index (κ3) is 3.22. The maximum absolute atomic E-state index is 5.48. The number of hydrogen-bond acceptors (Lipinski definition) is 4. The van der Waals surface area contributed by atoms with E-state index < -0.39 is 0 Å². The third-order valence-corrected chi connectivity index (χ3v) is 3.53. The largest absolute Gasteiger partial charge is 0.329 e. The predicted octanol–water partition coefficient (Wildman–Crippen LogP) is 1.72. The third-order valence-electron chi connectivity index (χ3n) is 1.33. The van der Waals surface area contributed by atoms with Crippen molar-refractivity contribution in [2.45, 2.75) is 17.9 Å². The maximum Gasteiger partial charge on any atom is 0.0794 e. The van der Waals surface area contributed by atoms with Gasteiger partial charge in [-0.2, -0.15) is 11.8 Å². The number of nitrogens with zero attached hydrogens (tertiary/aromatic N) is 1. The monoisotopic (exact) mass is 188 g/mol. The van der Waals surface area contributed by atoms with Gasteiger partial charge in [0.25, 0.3) is 0 Å². The lowest BCUT2D eigenvalue weighted by Crippen LogP contribution is -2.12. The van der Waals surface area contributed by atoms with Crippen LogP contribution in [0.25, 0.3) is 0 Å². The topological polar surface area (TPSA) is 38.9 Å². The molecule has 1 heterocycles. The highest BCUT2D eigenvalue weighted by Crippen LogP contribution is 2.18. The number of aromatic nitrogens is 1. The van der Waals surface area contributed by atoms with Gasteiger partial charge in [-0.15, -0.1) is 11.3 Å². The molecule has 1 aromatic rings. The summed E-state index contributed by atoms with van der Waals surface area (Å²) in [5.74, 6) is 1.04. The molecule has 0 fully saturated rings. The molecule has 1 aromatic heterocycles. The van der Waals surface area contributed by atoms with Crippen molar-refractivity contribution in [3.63, 3.8) is 0 Å². The molecule has 0 aliphatic rings. The van der Waals surface area contributed by atoms with Crippen LogP contribution in [0.15, 0.2) is 11.7 Å². The first kappa shape index (κ1) is 9.03. The lowest BCUT2D eigenvalue weighted by atomic mass is 10.5. The van der Waals surface area contributed by atoms with Crippen molar-refractivity contribution in [2.75, 3.05) is 6.54 Å².